The Labute approximate surface area is 135 Å². The van der Waals surface area contributed by atoms with Gasteiger partial charge < -0.3 is 4.74 Å². The van der Waals surface area contributed by atoms with Crippen molar-refractivity contribution in [2.24, 2.45) is 0 Å². The van der Waals surface area contributed by atoms with Crippen LogP contribution in [0.25, 0.3) is 0 Å². The second-order valence-corrected chi connectivity index (χ2v) is 6.96. The van der Waals surface area contributed by atoms with E-state index < -0.39 is 16.6 Å². The number of benzene rings is 2. The highest BCUT2D eigenvalue weighted by Crippen LogP contribution is 2.29. The molecule has 0 atom stereocenters. The van der Waals surface area contributed by atoms with Crippen LogP contribution in [0.1, 0.15) is 5.56 Å². The molecule has 0 spiro atoms. The van der Waals surface area contributed by atoms with E-state index in [0.29, 0.717) is 10.0 Å². The van der Waals surface area contributed by atoms with Crippen LogP contribution in [0.3, 0.4) is 0 Å². The standard InChI is InChI=1S/C14H12BrF2NO3S/c1-9-6-7-10(15)8-13(9)22(19,20)18-11-4-2-3-5-12(11)21-14(16)17/h2-8,14,18H,1H3. The Kier molecular flexibility index (Phi) is 5.02. The summed E-state index contributed by atoms with van der Waals surface area (Å²) in [5, 5.41) is 0. The third kappa shape index (κ3) is 3.95. The highest BCUT2D eigenvalue weighted by molar-refractivity contribution is 9.10. The number of ether oxygens (including phenoxy) is 1. The van der Waals surface area contributed by atoms with E-state index in [4.69, 9.17) is 0 Å². The lowest BCUT2D eigenvalue weighted by molar-refractivity contribution is -0.0493. The van der Waals surface area contributed by atoms with Crippen molar-refractivity contribution in [2.75, 3.05) is 4.72 Å². The average molecular weight is 392 g/mol. The number of nitrogens with one attached hydrogen (secondary N) is 1. The lowest BCUT2D eigenvalue weighted by Gasteiger charge is -2.14. The first-order valence-electron chi connectivity index (χ1n) is 6.12. The Balaban J connectivity index is 2.39. The van der Waals surface area contributed by atoms with Crippen LogP contribution in [-0.2, 0) is 10.0 Å². The molecule has 2 aromatic carbocycles. The van der Waals surface area contributed by atoms with Gasteiger partial charge in [-0.25, -0.2) is 8.42 Å². The third-order valence-electron chi connectivity index (χ3n) is 2.79. The molecule has 0 unspecified atom stereocenters. The molecule has 0 radical (unpaired) electrons. The van der Waals surface area contributed by atoms with Crippen molar-refractivity contribution < 1.29 is 21.9 Å². The largest absolute Gasteiger partial charge is 0.433 e. The summed E-state index contributed by atoms with van der Waals surface area (Å²) < 4.78 is 56.8. The summed E-state index contributed by atoms with van der Waals surface area (Å²) in [7, 11) is -3.93. The number of hydrogen-bond acceptors (Lipinski definition) is 3. The van der Waals surface area contributed by atoms with Crippen molar-refractivity contribution in [3.8, 4) is 5.75 Å². The third-order valence-corrected chi connectivity index (χ3v) is 4.79. The van der Waals surface area contributed by atoms with E-state index in [1.54, 1.807) is 19.1 Å². The molecular weight excluding hydrogens is 380 g/mol. The van der Waals surface area contributed by atoms with Gasteiger partial charge in [0.1, 0.15) is 5.75 Å². The highest BCUT2D eigenvalue weighted by atomic mass is 79.9. The fourth-order valence-electron chi connectivity index (χ4n) is 1.81. The summed E-state index contributed by atoms with van der Waals surface area (Å²) in [5.74, 6) is -0.242. The van der Waals surface area contributed by atoms with Crippen LogP contribution in [0.15, 0.2) is 51.8 Å². The van der Waals surface area contributed by atoms with E-state index >= 15 is 0 Å². The van der Waals surface area contributed by atoms with Gasteiger partial charge in [0.25, 0.3) is 10.0 Å². The summed E-state index contributed by atoms with van der Waals surface area (Å²) in [5.41, 5.74) is 0.477. The number of anilines is 1. The first kappa shape index (κ1) is 16.7. The van der Waals surface area contributed by atoms with Gasteiger partial charge in [-0.2, -0.15) is 8.78 Å². The summed E-state index contributed by atoms with van der Waals surface area (Å²) in [6.07, 6.45) is 0. The van der Waals surface area contributed by atoms with Gasteiger partial charge in [0.15, 0.2) is 0 Å². The van der Waals surface area contributed by atoms with Crippen LogP contribution in [0.5, 0.6) is 5.75 Å². The number of para-hydroxylation sites is 2. The Morgan fingerprint density at radius 2 is 1.86 bits per heavy atom. The molecule has 8 heteroatoms. The predicted molar refractivity (Wildman–Crippen MR) is 82.8 cm³/mol. The summed E-state index contributed by atoms with van der Waals surface area (Å²) >= 11 is 3.21. The van der Waals surface area contributed by atoms with Crippen LogP contribution in [0.4, 0.5) is 14.5 Å². The van der Waals surface area contributed by atoms with Crippen LogP contribution in [0.2, 0.25) is 0 Å². The minimum atomic E-state index is -3.93. The quantitative estimate of drug-likeness (QED) is 0.832. The number of alkyl halides is 2. The van der Waals surface area contributed by atoms with Crippen molar-refractivity contribution in [2.45, 2.75) is 18.4 Å². The summed E-state index contributed by atoms with van der Waals surface area (Å²) in [6.45, 7) is -1.40. The zero-order valence-electron chi connectivity index (χ0n) is 11.4. The van der Waals surface area contributed by atoms with Gasteiger partial charge >= 0.3 is 6.61 Å². The molecule has 0 aliphatic heterocycles. The van der Waals surface area contributed by atoms with Crippen molar-refractivity contribution in [3.63, 3.8) is 0 Å². The molecule has 0 aliphatic carbocycles. The molecule has 0 aromatic heterocycles. The normalized spacial score (nSPS) is 11.5. The minimum Gasteiger partial charge on any atom is -0.433 e. The van der Waals surface area contributed by atoms with E-state index in [1.165, 1.54) is 30.3 Å². The molecule has 22 heavy (non-hydrogen) atoms. The van der Waals surface area contributed by atoms with Gasteiger partial charge in [0, 0.05) is 4.47 Å². The fourth-order valence-corrected chi connectivity index (χ4v) is 3.67. The smallest absolute Gasteiger partial charge is 0.387 e. The first-order valence-corrected chi connectivity index (χ1v) is 8.40. The molecule has 2 aromatic rings. The molecule has 4 nitrogen and oxygen atoms in total. The van der Waals surface area contributed by atoms with E-state index in [2.05, 4.69) is 25.4 Å². The molecule has 0 saturated carbocycles. The molecular formula is C14H12BrF2NO3S. The monoisotopic (exact) mass is 391 g/mol. The number of aryl methyl sites for hydroxylation is 1. The molecule has 2 rings (SSSR count). The number of sulfonamides is 1. The highest BCUT2D eigenvalue weighted by Gasteiger charge is 2.20. The van der Waals surface area contributed by atoms with Gasteiger partial charge in [0.2, 0.25) is 0 Å². The molecule has 0 heterocycles. The Bertz CT molecular complexity index is 781. The SMILES string of the molecule is Cc1ccc(Br)cc1S(=O)(=O)Nc1ccccc1OC(F)F. The van der Waals surface area contributed by atoms with Gasteiger partial charge in [-0.15, -0.1) is 0 Å². The van der Waals surface area contributed by atoms with Gasteiger partial charge in [-0.3, -0.25) is 4.72 Å². The zero-order valence-corrected chi connectivity index (χ0v) is 13.8. The molecule has 1 N–H and O–H groups in total. The maximum atomic E-state index is 12.4. The second-order valence-electron chi connectivity index (χ2n) is 4.39. The van der Waals surface area contributed by atoms with Crippen molar-refractivity contribution in [1.82, 2.24) is 0 Å². The average Bonchev–Trinajstić information content (AvgIpc) is 2.43. The molecule has 0 fully saturated rings. The van der Waals surface area contributed by atoms with Crippen molar-refractivity contribution in [3.05, 3.63) is 52.5 Å². The Hall–Kier alpha value is -1.67. The lowest BCUT2D eigenvalue weighted by Crippen LogP contribution is -2.15. The second kappa shape index (κ2) is 6.62. The van der Waals surface area contributed by atoms with Gasteiger partial charge in [-0.05, 0) is 36.8 Å². The summed E-state index contributed by atoms with van der Waals surface area (Å²) in [4.78, 5) is 0.0497. The van der Waals surface area contributed by atoms with Gasteiger partial charge in [-0.1, -0.05) is 34.1 Å². The maximum Gasteiger partial charge on any atom is 0.387 e. The Morgan fingerprint density at radius 3 is 2.55 bits per heavy atom. The molecule has 0 saturated heterocycles. The topological polar surface area (TPSA) is 55.4 Å². The van der Waals surface area contributed by atoms with E-state index in [1.807, 2.05) is 0 Å². The maximum absolute atomic E-state index is 12.4. The van der Waals surface area contributed by atoms with Crippen LogP contribution >= 0.6 is 15.9 Å². The first-order chi connectivity index (χ1) is 10.3. The van der Waals surface area contributed by atoms with Crippen LogP contribution in [0, 0.1) is 6.92 Å². The lowest BCUT2D eigenvalue weighted by atomic mass is 10.2. The van der Waals surface area contributed by atoms with E-state index in [0.717, 1.165) is 0 Å². The molecule has 0 bridgehead atoms. The van der Waals surface area contributed by atoms with Crippen molar-refractivity contribution in [1.29, 1.82) is 0 Å². The van der Waals surface area contributed by atoms with Crippen molar-refractivity contribution >= 4 is 31.6 Å². The molecule has 118 valence electrons. The zero-order chi connectivity index (χ0) is 16.3. The van der Waals surface area contributed by atoms with Crippen LogP contribution < -0.4 is 9.46 Å². The summed E-state index contributed by atoms with van der Waals surface area (Å²) in [6, 6.07) is 10.4. The molecule has 0 aliphatic rings. The van der Waals surface area contributed by atoms with Crippen LogP contribution in [-0.4, -0.2) is 15.0 Å². The number of halogens is 3. The predicted octanol–water partition coefficient (Wildman–Crippen LogP) is 4.16. The van der Waals surface area contributed by atoms with E-state index in [-0.39, 0.29) is 16.3 Å². The fraction of sp³-hybridized carbons (Fsp3) is 0.143. The minimum absolute atomic E-state index is 0.0497. The Morgan fingerprint density at radius 1 is 1.18 bits per heavy atom. The van der Waals surface area contributed by atoms with E-state index in [9.17, 15) is 17.2 Å². The number of rotatable bonds is 5. The number of hydrogen-bond donors (Lipinski definition) is 1. The molecule has 0 amide bonds. The van der Waals surface area contributed by atoms with Gasteiger partial charge in [0.05, 0.1) is 10.6 Å².